The number of esters is 1. The highest BCUT2D eigenvalue weighted by Gasteiger charge is 2.75. The van der Waals surface area contributed by atoms with Gasteiger partial charge in [0.15, 0.2) is 0 Å². The molecule has 1 aromatic rings. The quantitative estimate of drug-likeness (QED) is 0.222. The van der Waals surface area contributed by atoms with Gasteiger partial charge in [0, 0.05) is 32.2 Å². The molecule has 7 atom stereocenters. The van der Waals surface area contributed by atoms with Crippen molar-refractivity contribution >= 4 is 23.7 Å². The van der Waals surface area contributed by atoms with E-state index in [9.17, 15) is 24.3 Å². The molecule has 250 valence electrons. The highest BCUT2D eigenvalue weighted by atomic mass is 16.6. The van der Waals surface area contributed by atoms with E-state index in [1.165, 1.54) is 0 Å². The molecule has 3 heterocycles. The molecule has 2 N–H and O–H groups in total. The zero-order valence-corrected chi connectivity index (χ0v) is 27.0. The van der Waals surface area contributed by atoms with Gasteiger partial charge in [0.1, 0.15) is 17.7 Å². The van der Waals surface area contributed by atoms with E-state index in [4.69, 9.17) is 9.47 Å². The summed E-state index contributed by atoms with van der Waals surface area (Å²) >= 11 is 0. The average molecular weight is 636 g/mol. The van der Waals surface area contributed by atoms with Crippen molar-refractivity contribution in [3.8, 4) is 0 Å². The first-order chi connectivity index (χ1) is 22.3. The molecule has 2 bridgehead atoms. The zero-order valence-electron chi connectivity index (χ0n) is 27.0. The monoisotopic (exact) mass is 635 g/mol. The lowest BCUT2D eigenvalue weighted by Crippen LogP contribution is -2.58. The van der Waals surface area contributed by atoms with Crippen molar-refractivity contribution in [2.75, 3.05) is 19.7 Å². The third kappa shape index (κ3) is 6.51. The summed E-state index contributed by atoms with van der Waals surface area (Å²) in [4.78, 5) is 59.1. The third-order valence-corrected chi connectivity index (χ3v) is 10.3. The van der Waals surface area contributed by atoms with Gasteiger partial charge in [-0.1, -0.05) is 61.7 Å². The Hall–Kier alpha value is -3.50. The van der Waals surface area contributed by atoms with Gasteiger partial charge in [-0.3, -0.25) is 19.2 Å². The van der Waals surface area contributed by atoms with Crippen molar-refractivity contribution in [2.24, 2.45) is 11.8 Å². The van der Waals surface area contributed by atoms with Crippen LogP contribution in [0.1, 0.15) is 82.8 Å². The van der Waals surface area contributed by atoms with Crippen molar-refractivity contribution in [3.63, 3.8) is 0 Å². The van der Waals surface area contributed by atoms with E-state index in [0.29, 0.717) is 37.8 Å². The standard InChI is InChI=1S/C36H49N3O7/c1-4-6-18-28(41)37-24(3)31(25-14-9-7-10-15-25)45-35(44)29-27-19-20-36(46-27)30(29)33(42)39(22-13-23-40)32(36)34(43)38(21-5-2)26-16-11-8-12-17-26/h4-5,7,9-10,14-15,24,26-27,29-32,40H,1-2,6,8,11-13,16-23H2,3H3,(H,37,41)/t24-,27-,29+,30+,31-,32-,36+/m0/s1. The van der Waals surface area contributed by atoms with Crippen LogP contribution in [0.15, 0.2) is 55.6 Å². The van der Waals surface area contributed by atoms with E-state index >= 15 is 0 Å². The summed E-state index contributed by atoms with van der Waals surface area (Å²) in [7, 11) is 0. The number of likely N-dealkylation sites (tertiary alicyclic amines) is 1. The number of allylic oxidation sites excluding steroid dienone is 1. The van der Waals surface area contributed by atoms with Gasteiger partial charge >= 0.3 is 5.97 Å². The van der Waals surface area contributed by atoms with Gasteiger partial charge in [0.05, 0.1) is 24.0 Å². The highest BCUT2D eigenvalue weighted by Crippen LogP contribution is 2.59. The summed E-state index contributed by atoms with van der Waals surface area (Å²) in [5.74, 6) is -3.00. The molecule has 1 spiro atoms. The molecular weight excluding hydrogens is 586 g/mol. The molecule has 0 aromatic heterocycles. The molecule has 10 heteroatoms. The minimum atomic E-state index is -1.15. The van der Waals surface area contributed by atoms with Gasteiger partial charge in [0.25, 0.3) is 0 Å². The van der Waals surface area contributed by atoms with E-state index in [2.05, 4.69) is 18.5 Å². The van der Waals surface area contributed by atoms with Crippen LogP contribution in [0.25, 0.3) is 0 Å². The Bertz CT molecular complexity index is 1280. The van der Waals surface area contributed by atoms with E-state index in [1.807, 2.05) is 35.2 Å². The maximum absolute atomic E-state index is 14.6. The average Bonchev–Trinajstić information content (AvgIpc) is 3.71. The number of carbonyl (C=O) groups is 4. The Kier molecular flexibility index (Phi) is 11.0. The number of nitrogens with one attached hydrogen (secondary N) is 1. The molecule has 1 aliphatic carbocycles. The summed E-state index contributed by atoms with van der Waals surface area (Å²) < 4.78 is 12.8. The van der Waals surface area contributed by atoms with Gasteiger partial charge in [-0.25, -0.2) is 0 Å². The van der Waals surface area contributed by atoms with Crippen LogP contribution in [0.3, 0.4) is 0 Å². The highest BCUT2D eigenvalue weighted by molar-refractivity contribution is 5.98. The number of amides is 3. The van der Waals surface area contributed by atoms with E-state index in [1.54, 1.807) is 24.0 Å². The summed E-state index contributed by atoms with van der Waals surface area (Å²) in [6.45, 7) is 9.79. The molecule has 1 saturated carbocycles. The van der Waals surface area contributed by atoms with Crippen molar-refractivity contribution in [1.82, 2.24) is 15.1 Å². The van der Waals surface area contributed by atoms with Gasteiger partial charge in [-0.15, -0.1) is 13.2 Å². The summed E-state index contributed by atoms with van der Waals surface area (Å²) in [5.41, 5.74) is -0.437. The van der Waals surface area contributed by atoms with Gasteiger partial charge in [-0.2, -0.15) is 0 Å². The molecule has 3 amide bonds. The summed E-state index contributed by atoms with van der Waals surface area (Å²) in [6.07, 6.45) is 9.16. The number of fused-ring (bicyclic) bond motifs is 1. The minimum Gasteiger partial charge on any atom is -0.455 e. The second-order valence-electron chi connectivity index (χ2n) is 13.2. The molecule has 4 fully saturated rings. The number of benzene rings is 1. The van der Waals surface area contributed by atoms with Crippen LogP contribution < -0.4 is 5.32 Å². The Balaban J connectivity index is 1.43. The number of aliphatic hydroxyl groups excluding tert-OH is 1. The van der Waals surface area contributed by atoms with Crippen LogP contribution >= 0.6 is 0 Å². The fourth-order valence-electron chi connectivity index (χ4n) is 8.23. The second kappa shape index (κ2) is 14.9. The number of nitrogens with zero attached hydrogens (tertiary/aromatic N) is 2. The van der Waals surface area contributed by atoms with Crippen LogP contribution in [-0.4, -0.2) is 88.1 Å². The molecular formula is C36H49N3O7. The number of carbonyl (C=O) groups excluding carboxylic acids is 4. The summed E-state index contributed by atoms with van der Waals surface area (Å²) in [5, 5.41) is 12.6. The maximum atomic E-state index is 14.6. The Morgan fingerprint density at radius 2 is 1.89 bits per heavy atom. The Labute approximate surface area is 272 Å². The molecule has 3 aliphatic heterocycles. The molecule has 5 rings (SSSR count). The van der Waals surface area contributed by atoms with Crippen LogP contribution in [0, 0.1) is 11.8 Å². The van der Waals surface area contributed by atoms with E-state index in [-0.39, 0.29) is 43.3 Å². The third-order valence-electron chi connectivity index (χ3n) is 10.3. The lowest BCUT2D eigenvalue weighted by Gasteiger charge is -2.40. The number of aliphatic hydroxyl groups is 1. The van der Waals surface area contributed by atoms with Crippen LogP contribution in [0.4, 0.5) is 0 Å². The summed E-state index contributed by atoms with van der Waals surface area (Å²) in [6, 6.07) is 7.84. The van der Waals surface area contributed by atoms with Crippen molar-refractivity contribution in [2.45, 2.75) is 107 Å². The predicted molar refractivity (Wildman–Crippen MR) is 172 cm³/mol. The zero-order chi connectivity index (χ0) is 32.8. The maximum Gasteiger partial charge on any atom is 0.313 e. The van der Waals surface area contributed by atoms with Crippen molar-refractivity contribution < 1.29 is 33.8 Å². The first-order valence-electron chi connectivity index (χ1n) is 16.9. The van der Waals surface area contributed by atoms with Crippen LogP contribution in [0.2, 0.25) is 0 Å². The largest absolute Gasteiger partial charge is 0.455 e. The molecule has 3 saturated heterocycles. The molecule has 4 aliphatic rings. The first-order valence-corrected chi connectivity index (χ1v) is 16.9. The van der Waals surface area contributed by atoms with E-state index < -0.39 is 47.7 Å². The molecule has 46 heavy (non-hydrogen) atoms. The first kappa shape index (κ1) is 33.9. The number of hydrogen-bond acceptors (Lipinski definition) is 7. The lowest BCUT2D eigenvalue weighted by molar-refractivity contribution is -0.162. The van der Waals surface area contributed by atoms with Crippen LogP contribution in [0.5, 0.6) is 0 Å². The molecule has 0 unspecified atom stereocenters. The predicted octanol–water partition coefficient (Wildman–Crippen LogP) is 3.85. The number of rotatable bonds is 15. The van der Waals surface area contributed by atoms with Gasteiger partial charge in [0.2, 0.25) is 17.7 Å². The van der Waals surface area contributed by atoms with Gasteiger partial charge < -0.3 is 29.7 Å². The van der Waals surface area contributed by atoms with Crippen molar-refractivity contribution in [1.29, 1.82) is 0 Å². The van der Waals surface area contributed by atoms with Gasteiger partial charge in [-0.05, 0) is 51.0 Å². The SMILES string of the molecule is C=CCCC(=O)N[C@@H](C)[C@H](OC(=O)[C@@H]1[C@@H]2CC[C@]3(O2)[C@H](C(=O)N(CC=C)C2CCCCC2)N(CCCO)C(=O)[C@@H]13)c1ccccc1. The second-order valence-corrected chi connectivity index (χ2v) is 13.2. The Morgan fingerprint density at radius 1 is 1.15 bits per heavy atom. The lowest BCUT2D eigenvalue weighted by atomic mass is 9.70. The molecule has 10 nitrogen and oxygen atoms in total. The fourth-order valence-corrected chi connectivity index (χ4v) is 8.23. The number of hydrogen-bond donors (Lipinski definition) is 2. The topological polar surface area (TPSA) is 125 Å². The molecule has 1 aromatic carbocycles. The normalized spacial score (nSPS) is 28.3. The Morgan fingerprint density at radius 3 is 2.57 bits per heavy atom. The van der Waals surface area contributed by atoms with Crippen molar-refractivity contribution in [3.05, 3.63) is 61.2 Å². The number of ether oxygens (including phenoxy) is 2. The van der Waals surface area contributed by atoms with Crippen LogP contribution in [-0.2, 0) is 28.7 Å². The fraction of sp³-hybridized carbons (Fsp3) is 0.611. The smallest absolute Gasteiger partial charge is 0.313 e. The minimum absolute atomic E-state index is 0.0543. The molecule has 0 radical (unpaired) electrons. The van der Waals surface area contributed by atoms with E-state index in [0.717, 1.165) is 32.1 Å².